The van der Waals surface area contributed by atoms with Crippen LogP contribution in [0.15, 0.2) is 66.7 Å². The summed E-state index contributed by atoms with van der Waals surface area (Å²) in [7, 11) is 1.62. The van der Waals surface area contributed by atoms with Crippen LogP contribution in [0.1, 0.15) is 54.2 Å². The van der Waals surface area contributed by atoms with Crippen molar-refractivity contribution < 1.29 is 14.3 Å². The third kappa shape index (κ3) is 5.47. The minimum atomic E-state index is -0.360. The van der Waals surface area contributed by atoms with Gasteiger partial charge in [-0.15, -0.1) is 0 Å². The standard InChI is InChI=1S/C29H32O3/c1-20-16-24(29(3,4)5)17-21(2)26(20)19-32-28(30)25(22-12-8-7-9-13-22)18-23-14-10-11-15-27(23)31-6/h7-18H,19H2,1-6H3. The van der Waals surface area contributed by atoms with Crippen LogP contribution in [0.5, 0.6) is 5.75 Å². The Morgan fingerprint density at radius 3 is 2.09 bits per heavy atom. The summed E-state index contributed by atoms with van der Waals surface area (Å²) in [6, 6.07) is 21.6. The largest absolute Gasteiger partial charge is 0.496 e. The van der Waals surface area contributed by atoms with Crippen LogP contribution >= 0.6 is 0 Å². The number of benzene rings is 3. The van der Waals surface area contributed by atoms with E-state index in [9.17, 15) is 4.79 Å². The number of rotatable bonds is 6. The SMILES string of the molecule is COc1ccccc1C=C(C(=O)OCc1c(C)cc(C(C)(C)C)cc1C)c1ccccc1. The highest BCUT2D eigenvalue weighted by Gasteiger charge is 2.19. The zero-order chi connectivity index (χ0) is 23.3. The van der Waals surface area contributed by atoms with E-state index in [1.807, 2.05) is 60.7 Å². The van der Waals surface area contributed by atoms with Crippen molar-refractivity contribution >= 4 is 17.6 Å². The molecule has 3 rings (SSSR count). The maximum Gasteiger partial charge on any atom is 0.339 e. The number of aryl methyl sites for hydroxylation is 2. The minimum absolute atomic E-state index is 0.0721. The fraction of sp³-hybridized carbons (Fsp3) is 0.276. The quantitative estimate of drug-likeness (QED) is 0.243. The van der Waals surface area contributed by atoms with Crippen LogP contribution in [-0.4, -0.2) is 13.1 Å². The van der Waals surface area contributed by atoms with Crippen molar-refractivity contribution in [2.24, 2.45) is 0 Å². The smallest absolute Gasteiger partial charge is 0.339 e. The minimum Gasteiger partial charge on any atom is -0.496 e. The van der Waals surface area contributed by atoms with E-state index in [1.54, 1.807) is 7.11 Å². The van der Waals surface area contributed by atoms with Crippen LogP contribution in [0.25, 0.3) is 11.6 Å². The van der Waals surface area contributed by atoms with E-state index in [0.717, 1.165) is 27.8 Å². The van der Waals surface area contributed by atoms with Gasteiger partial charge in [0.25, 0.3) is 0 Å². The van der Waals surface area contributed by atoms with Crippen LogP contribution in [0.2, 0.25) is 0 Å². The molecule has 0 heterocycles. The summed E-state index contributed by atoms with van der Waals surface area (Å²) in [5, 5.41) is 0. The summed E-state index contributed by atoms with van der Waals surface area (Å²) < 4.78 is 11.3. The van der Waals surface area contributed by atoms with Gasteiger partial charge in [0.1, 0.15) is 12.4 Å². The van der Waals surface area contributed by atoms with Gasteiger partial charge >= 0.3 is 5.97 Å². The molecule has 0 aliphatic heterocycles. The van der Waals surface area contributed by atoms with Crippen molar-refractivity contribution in [3.8, 4) is 5.75 Å². The molecule has 0 unspecified atom stereocenters. The molecule has 0 spiro atoms. The third-order valence-electron chi connectivity index (χ3n) is 5.65. The first kappa shape index (κ1) is 23.3. The highest BCUT2D eigenvalue weighted by Crippen LogP contribution is 2.29. The highest BCUT2D eigenvalue weighted by molar-refractivity contribution is 6.21. The number of hydrogen-bond acceptors (Lipinski definition) is 3. The molecule has 0 N–H and O–H groups in total. The van der Waals surface area contributed by atoms with Gasteiger partial charge in [-0.3, -0.25) is 0 Å². The van der Waals surface area contributed by atoms with E-state index in [-0.39, 0.29) is 18.0 Å². The molecular weight excluding hydrogens is 396 g/mol. The average molecular weight is 429 g/mol. The summed E-state index contributed by atoms with van der Waals surface area (Å²) in [5.74, 6) is 0.346. The Labute approximate surface area is 191 Å². The third-order valence-corrected chi connectivity index (χ3v) is 5.65. The summed E-state index contributed by atoms with van der Waals surface area (Å²) >= 11 is 0. The van der Waals surface area contributed by atoms with Crippen LogP contribution in [-0.2, 0) is 21.6 Å². The van der Waals surface area contributed by atoms with Crippen LogP contribution in [0, 0.1) is 13.8 Å². The molecule has 0 aliphatic carbocycles. The first-order chi connectivity index (χ1) is 15.2. The second-order valence-electron chi connectivity index (χ2n) is 9.08. The van der Waals surface area contributed by atoms with Gasteiger partial charge in [0, 0.05) is 5.56 Å². The van der Waals surface area contributed by atoms with Crippen molar-refractivity contribution in [1.82, 2.24) is 0 Å². The van der Waals surface area contributed by atoms with Gasteiger partial charge in [-0.25, -0.2) is 4.79 Å². The molecule has 0 bridgehead atoms. The second-order valence-corrected chi connectivity index (χ2v) is 9.08. The lowest BCUT2D eigenvalue weighted by molar-refractivity contribution is -0.137. The van der Waals surface area contributed by atoms with E-state index < -0.39 is 0 Å². The monoisotopic (exact) mass is 428 g/mol. The first-order valence-corrected chi connectivity index (χ1v) is 10.9. The number of esters is 1. The topological polar surface area (TPSA) is 35.5 Å². The molecule has 0 fully saturated rings. The Hall–Kier alpha value is -3.33. The highest BCUT2D eigenvalue weighted by atomic mass is 16.5. The molecule has 32 heavy (non-hydrogen) atoms. The number of para-hydroxylation sites is 1. The molecule has 0 saturated heterocycles. The van der Waals surface area contributed by atoms with E-state index in [2.05, 4.69) is 46.8 Å². The summed E-state index contributed by atoms with van der Waals surface area (Å²) in [6.45, 7) is 11.0. The normalized spacial score (nSPS) is 11.9. The molecule has 0 aliphatic rings. The van der Waals surface area contributed by atoms with E-state index >= 15 is 0 Å². The van der Waals surface area contributed by atoms with Crippen molar-refractivity contribution in [2.45, 2.75) is 46.6 Å². The zero-order valence-corrected chi connectivity index (χ0v) is 19.9. The lowest BCUT2D eigenvalue weighted by Gasteiger charge is -2.22. The Balaban J connectivity index is 1.91. The Morgan fingerprint density at radius 2 is 1.50 bits per heavy atom. The molecule has 0 aromatic heterocycles. The lowest BCUT2D eigenvalue weighted by Crippen LogP contribution is -2.14. The maximum absolute atomic E-state index is 13.2. The number of ether oxygens (including phenoxy) is 2. The zero-order valence-electron chi connectivity index (χ0n) is 19.9. The Bertz CT molecular complexity index is 1100. The molecule has 3 nitrogen and oxygen atoms in total. The van der Waals surface area contributed by atoms with Crippen LogP contribution < -0.4 is 4.74 Å². The number of carbonyl (C=O) groups is 1. The molecular formula is C29H32O3. The van der Waals surface area contributed by atoms with E-state index in [0.29, 0.717) is 11.3 Å². The molecule has 0 radical (unpaired) electrons. The molecule has 3 aromatic carbocycles. The van der Waals surface area contributed by atoms with Crippen molar-refractivity contribution in [3.63, 3.8) is 0 Å². The summed E-state index contributed by atoms with van der Waals surface area (Å²) in [4.78, 5) is 13.2. The summed E-state index contributed by atoms with van der Waals surface area (Å²) in [5.41, 5.74) is 6.81. The van der Waals surface area contributed by atoms with Gasteiger partial charge in [0.2, 0.25) is 0 Å². The molecule has 0 saturated carbocycles. The molecule has 3 aromatic rings. The van der Waals surface area contributed by atoms with E-state index in [4.69, 9.17) is 9.47 Å². The first-order valence-electron chi connectivity index (χ1n) is 10.9. The van der Waals surface area contributed by atoms with Gasteiger partial charge in [0.05, 0.1) is 12.7 Å². The molecule has 166 valence electrons. The fourth-order valence-corrected chi connectivity index (χ4v) is 3.69. The Morgan fingerprint density at radius 1 is 0.906 bits per heavy atom. The fourth-order valence-electron chi connectivity index (χ4n) is 3.69. The molecule has 3 heteroatoms. The predicted octanol–water partition coefficient (Wildman–Crippen LogP) is 6.89. The number of hydrogen-bond donors (Lipinski definition) is 0. The van der Waals surface area contributed by atoms with Gasteiger partial charge < -0.3 is 9.47 Å². The van der Waals surface area contributed by atoms with Crippen molar-refractivity contribution in [1.29, 1.82) is 0 Å². The molecule has 0 atom stereocenters. The maximum atomic E-state index is 13.2. The van der Waals surface area contributed by atoms with Crippen molar-refractivity contribution in [3.05, 3.63) is 100 Å². The van der Waals surface area contributed by atoms with Gasteiger partial charge in [-0.2, -0.15) is 0 Å². The van der Waals surface area contributed by atoms with Gasteiger partial charge in [-0.1, -0.05) is 81.4 Å². The average Bonchev–Trinajstić information content (AvgIpc) is 2.76. The lowest BCUT2D eigenvalue weighted by atomic mass is 9.84. The molecule has 0 amide bonds. The van der Waals surface area contributed by atoms with Gasteiger partial charge in [-0.05, 0) is 59.2 Å². The number of methoxy groups -OCH3 is 1. The van der Waals surface area contributed by atoms with E-state index in [1.165, 1.54) is 5.56 Å². The number of carbonyl (C=O) groups excluding carboxylic acids is 1. The Kier molecular flexibility index (Phi) is 7.19. The van der Waals surface area contributed by atoms with Crippen molar-refractivity contribution in [2.75, 3.05) is 7.11 Å². The second kappa shape index (κ2) is 9.86. The predicted molar refractivity (Wildman–Crippen MR) is 132 cm³/mol. The van der Waals surface area contributed by atoms with Crippen LogP contribution in [0.3, 0.4) is 0 Å². The van der Waals surface area contributed by atoms with Crippen LogP contribution in [0.4, 0.5) is 0 Å². The summed E-state index contributed by atoms with van der Waals surface area (Å²) in [6.07, 6.45) is 1.83. The van der Waals surface area contributed by atoms with Gasteiger partial charge in [0.15, 0.2) is 0 Å².